The Balaban J connectivity index is 2.30. The third kappa shape index (κ3) is 3.27. The van der Waals surface area contributed by atoms with E-state index in [4.69, 9.17) is 9.47 Å². The first kappa shape index (κ1) is 14.3. The third-order valence-electron chi connectivity index (χ3n) is 3.35. The summed E-state index contributed by atoms with van der Waals surface area (Å²) in [6, 6.07) is 10.1. The maximum absolute atomic E-state index is 5.46. The minimum atomic E-state index is 0.155. The number of likely N-dealkylation sites (N-methyl/N-ethyl adjacent to an activating group) is 1. The number of nitrogens with zero attached hydrogens (tertiary/aromatic N) is 1. The second kappa shape index (κ2) is 6.91. The van der Waals surface area contributed by atoms with Crippen molar-refractivity contribution in [1.29, 1.82) is 0 Å². The van der Waals surface area contributed by atoms with Gasteiger partial charge in [-0.3, -0.25) is 4.98 Å². The van der Waals surface area contributed by atoms with Crippen LogP contribution in [-0.4, -0.2) is 26.3 Å². The van der Waals surface area contributed by atoms with Crippen molar-refractivity contribution in [3.05, 3.63) is 53.9 Å². The Hall–Kier alpha value is -2.07. The molecule has 4 heteroatoms. The Bertz CT molecular complexity index is 543. The van der Waals surface area contributed by atoms with Gasteiger partial charge in [-0.2, -0.15) is 0 Å². The molecule has 2 aromatic rings. The van der Waals surface area contributed by atoms with E-state index in [1.807, 2.05) is 49.8 Å². The molecule has 0 fully saturated rings. The highest BCUT2D eigenvalue weighted by molar-refractivity contribution is 5.42. The van der Waals surface area contributed by atoms with Crippen LogP contribution < -0.4 is 14.8 Å². The van der Waals surface area contributed by atoms with Crippen LogP contribution in [0, 0.1) is 0 Å². The number of ether oxygens (including phenoxy) is 2. The molecule has 4 nitrogen and oxygen atoms in total. The van der Waals surface area contributed by atoms with Crippen molar-refractivity contribution >= 4 is 0 Å². The molecule has 0 saturated heterocycles. The smallest absolute Gasteiger partial charge is 0.123 e. The van der Waals surface area contributed by atoms with Crippen LogP contribution in [0.2, 0.25) is 0 Å². The van der Waals surface area contributed by atoms with Gasteiger partial charge in [0.05, 0.1) is 14.2 Å². The summed E-state index contributed by atoms with van der Waals surface area (Å²) >= 11 is 0. The van der Waals surface area contributed by atoms with E-state index >= 15 is 0 Å². The summed E-state index contributed by atoms with van der Waals surface area (Å²) in [7, 11) is 5.30. The highest BCUT2D eigenvalue weighted by Gasteiger charge is 2.16. The van der Waals surface area contributed by atoms with Crippen LogP contribution in [0.4, 0.5) is 0 Å². The summed E-state index contributed by atoms with van der Waals surface area (Å²) in [6.07, 6.45) is 4.48. The first-order valence-corrected chi connectivity index (χ1v) is 6.56. The molecule has 106 valence electrons. The van der Waals surface area contributed by atoms with Crippen molar-refractivity contribution in [2.45, 2.75) is 12.5 Å². The fraction of sp³-hybridized carbons (Fsp3) is 0.312. The van der Waals surface area contributed by atoms with Gasteiger partial charge in [0.15, 0.2) is 0 Å². The fourth-order valence-corrected chi connectivity index (χ4v) is 2.23. The number of hydrogen-bond donors (Lipinski definition) is 1. The van der Waals surface area contributed by atoms with Gasteiger partial charge < -0.3 is 14.8 Å². The highest BCUT2D eigenvalue weighted by atomic mass is 16.5. The summed E-state index contributed by atoms with van der Waals surface area (Å²) in [5, 5.41) is 3.34. The van der Waals surface area contributed by atoms with Crippen molar-refractivity contribution in [3.63, 3.8) is 0 Å². The number of pyridine rings is 1. The van der Waals surface area contributed by atoms with E-state index in [2.05, 4.69) is 10.3 Å². The Labute approximate surface area is 119 Å². The molecule has 1 aromatic heterocycles. The standard InChI is InChI=1S/C16H20N2O2/c1-17-15(10-12-6-8-18-9-7-12)14-11-13(19-2)4-5-16(14)20-3/h4-9,11,15,17H,10H2,1-3H3. The average molecular weight is 272 g/mol. The van der Waals surface area contributed by atoms with E-state index in [1.54, 1.807) is 14.2 Å². The number of aromatic nitrogens is 1. The molecule has 1 N–H and O–H groups in total. The van der Waals surface area contributed by atoms with Crippen molar-refractivity contribution in [2.75, 3.05) is 21.3 Å². The molecule has 0 aliphatic carbocycles. The van der Waals surface area contributed by atoms with E-state index in [1.165, 1.54) is 5.56 Å². The Morgan fingerprint density at radius 3 is 2.45 bits per heavy atom. The van der Waals surface area contributed by atoms with Crippen molar-refractivity contribution in [3.8, 4) is 11.5 Å². The molecule has 0 amide bonds. The molecule has 0 bridgehead atoms. The van der Waals surface area contributed by atoms with E-state index in [0.717, 1.165) is 23.5 Å². The molecule has 20 heavy (non-hydrogen) atoms. The molecule has 0 aliphatic rings. The van der Waals surface area contributed by atoms with Gasteiger partial charge in [0, 0.05) is 24.0 Å². The molecule has 1 aromatic carbocycles. The molecule has 0 saturated carbocycles. The van der Waals surface area contributed by atoms with E-state index < -0.39 is 0 Å². The maximum Gasteiger partial charge on any atom is 0.123 e. The maximum atomic E-state index is 5.46. The van der Waals surface area contributed by atoms with Crippen LogP contribution in [0.15, 0.2) is 42.7 Å². The SMILES string of the molecule is CNC(Cc1ccncc1)c1cc(OC)ccc1OC. The normalized spacial score (nSPS) is 11.9. The van der Waals surface area contributed by atoms with E-state index in [0.29, 0.717) is 0 Å². The van der Waals surface area contributed by atoms with Gasteiger partial charge in [0.1, 0.15) is 11.5 Å². The Morgan fingerprint density at radius 1 is 1.10 bits per heavy atom. The Kier molecular flexibility index (Phi) is 4.96. The second-order valence-corrected chi connectivity index (χ2v) is 4.51. The van der Waals surface area contributed by atoms with E-state index in [-0.39, 0.29) is 6.04 Å². The first-order chi connectivity index (χ1) is 9.78. The number of hydrogen-bond acceptors (Lipinski definition) is 4. The van der Waals surface area contributed by atoms with Gasteiger partial charge in [-0.05, 0) is 49.4 Å². The number of benzene rings is 1. The van der Waals surface area contributed by atoms with Crippen molar-refractivity contribution in [1.82, 2.24) is 10.3 Å². The summed E-state index contributed by atoms with van der Waals surface area (Å²) in [5.41, 5.74) is 2.32. The highest BCUT2D eigenvalue weighted by Crippen LogP contribution is 2.31. The summed E-state index contributed by atoms with van der Waals surface area (Å²) in [4.78, 5) is 4.05. The van der Waals surface area contributed by atoms with E-state index in [9.17, 15) is 0 Å². The fourth-order valence-electron chi connectivity index (χ4n) is 2.23. The van der Waals surface area contributed by atoms with Gasteiger partial charge in [0.2, 0.25) is 0 Å². The van der Waals surface area contributed by atoms with Gasteiger partial charge >= 0.3 is 0 Å². The number of methoxy groups -OCH3 is 2. The minimum Gasteiger partial charge on any atom is -0.497 e. The molecule has 1 atom stereocenters. The molecule has 0 radical (unpaired) electrons. The lowest BCUT2D eigenvalue weighted by atomic mass is 9.98. The molecule has 2 rings (SSSR count). The number of nitrogens with one attached hydrogen (secondary N) is 1. The van der Waals surface area contributed by atoms with Gasteiger partial charge in [-0.15, -0.1) is 0 Å². The van der Waals surface area contributed by atoms with Crippen LogP contribution >= 0.6 is 0 Å². The van der Waals surface area contributed by atoms with Gasteiger partial charge in [-0.1, -0.05) is 0 Å². The quantitative estimate of drug-likeness (QED) is 0.878. The molecule has 0 spiro atoms. The molecule has 0 aliphatic heterocycles. The largest absolute Gasteiger partial charge is 0.497 e. The molecular formula is C16H20N2O2. The van der Waals surface area contributed by atoms with Crippen LogP contribution in [0.5, 0.6) is 11.5 Å². The predicted octanol–water partition coefficient (Wildman–Crippen LogP) is 2.60. The van der Waals surface area contributed by atoms with Crippen LogP contribution in [0.3, 0.4) is 0 Å². The third-order valence-corrected chi connectivity index (χ3v) is 3.35. The molecular weight excluding hydrogens is 252 g/mol. The zero-order valence-electron chi connectivity index (χ0n) is 12.1. The first-order valence-electron chi connectivity index (χ1n) is 6.56. The van der Waals surface area contributed by atoms with Crippen LogP contribution in [-0.2, 0) is 6.42 Å². The Morgan fingerprint density at radius 2 is 1.85 bits per heavy atom. The lowest BCUT2D eigenvalue weighted by Gasteiger charge is -2.20. The molecule has 1 heterocycles. The average Bonchev–Trinajstić information content (AvgIpc) is 2.53. The second-order valence-electron chi connectivity index (χ2n) is 4.51. The van der Waals surface area contributed by atoms with Crippen LogP contribution in [0.1, 0.15) is 17.2 Å². The lowest BCUT2D eigenvalue weighted by Crippen LogP contribution is -2.19. The topological polar surface area (TPSA) is 43.4 Å². The summed E-state index contributed by atoms with van der Waals surface area (Å²) < 4.78 is 10.8. The minimum absolute atomic E-state index is 0.155. The number of rotatable bonds is 6. The van der Waals surface area contributed by atoms with Crippen LogP contribution in [0.25, 0.3) is 0 Å². The zero-order valence-corrected chi connectivity index (χ0v) is 12.1. The molecule has 1 unspecified atom stereocenters. The zero-order chi connectivity index (χ0) is 14.4. The van der Waals surface area contributed by atoms with Crippen molar-refractivity contribution < 1.29 is 9.47 Å². The summed E-state index contributed by atoms with van der Waals surface area (Å²) in [5.74, 6) is 1.69. The van der Waals surface area contributed by atoms with Crippen molar-refractivity contribution in [2.24, 2.45) is 0 Å². The van der Waals surface area contributed by atoms with Gasteiger partial charge in [0.25, 0.3) is 0 Å². The predicted molar refractivity (Wildman–Crippen MR) is 79.3 cm³/mol. The lowest BCUT2D eigenvalue weighted by molar-refractivity contribution is 0.391. The summed E-state index contributed by atoms with van der Waals surface area (Å²) in [6.45, 7) is 0. The van der Waals surface area contributed by atoms with Gasteiger partial charge in [-0.25, -0.2) is 0 Å². The monoisotopic (exact) mass is 272 g/mol.